The second-order valence-corrected chi connectivity index (χ2v) is 3.64. The maximum atomic E-state index is 5.44. The van der Waals surface area contributed by atoms with Gasteiger partial charge in [-0.2, -0.15) is 0 Å². The minimum absolute atomic E-state index is 0. The zero-order valence-electron chi connectivity index (χ0n) is 7.77. The quantitative estimate of drug-likeness (QED) is 0.891. The van der Waals surface area contributed by atoms with Gasteiger partial charge in [-0.1, -0.05) is 0 Å². The van der Waals surface area contributed by atoms with Crippen molar-refractivity contribution in [3.63, 3.8) is 0 Å². The third-order valence-electron chi connectivity index (χ3n) is 1.84. The molecule has 14 heavy (non-hydrogen) atoms. The van der Waals surface area contributed by atoms with E-state index in [0.717, 1.165) is 17.1 Å². The molecule has 0 saturated carbocycles. The highest BCUT2D eigenvalue weighted by molar-refractivity contribution is 7.15. The van der Waals surface area contributed by atoms with Gasteiger partial charge in [0.2, 0.25) is 0 Å². The van der Waals surface area contributed by atoms with Gasteiger partial charge in [0.15, 0.2) is 4.96 Å². The van der Waals surface area contributed by atoms with E-state index in [0.29, 0.717) is 6.54 Å². The van der Waals surface area contributed by atoms with Crippen LogP contribution in [0.2, 0.25) is 0 Å². The second-order valence-electron chi connectivity index (χ2n) is 2.80. The normalized spacial score (nSPS) is 9.57. The summed E-state index contributed by atoms with van der Waals surface area (Å²) in [5, 5.41) is 2.11. The molecule has 2 N–H and O–H groups in total. The third kappa shape index (κ3) is 2.39. The number of rotatable bonds is 2. The van der Waals surface area contributed by atoms with E-state index in [2.05, 4.69) is 27.9 Å². The Balaban J connectivity index is 0.000000845. The van der Waals surface area contributed by atoms with E-state index in [1.807, 2.05) is 0 Å². The molecule has 2 aromatic heterocycles. The lowest BCUT2D eigenvalue weighted by molar-refractivity contribution is 0.936. The maximum Gasteiger partial charge on any atom is 0.194 e. The van der Waals surface area contributed by atoms with Gasteiger partial charge >= 0.3 is 0 Å². The number of nitrogens with two attached hydrogens (primary N) is 1. The summed E-state index contributed by atoms with van der Waals surface area (Å²) in [6.07, 6.45) is 2.93. The summed E-state index contributed by atoms with van der Waals surface area (Å²) in [5.41, 5.74) is 7.78. The Morgan fingerprint density at radius 1 is 1.50 bits per heavy atom. The monoisotopic (exact) mass is 253 g/mol. The average Bonchev–Trinajstić information content (AvgIpc) is 2.55. The fourth-order valence-corrected chi connectivity index (χ4v) is 2.08. The Kier molecular flexibility index (Phi) is 5.44. The first-order valence-corrected chi connectivity index (χ1v) is 4.81. The standard InChI is InChI=1S/C8H11N3S.2ClH/c1-6-5-12-8-10-7(2-3-9)4-11(6)8;;/h4-5H,2-3,9H2,1H3;2*1H. The fourth-order valence-electron chi connectivity index (χ4n) is 1.21. The predicted molar refractivity (Wildman–Crippen MR) is 65.1 cm³/mol. The molecule has 0 radical (unpaired) electrons. The summed E-state index contributed by atoms with van der Waals surface area (Å²) in [6, 6.07) is 0. The minimum Gasteiger partial charge on any atom is -0.330 e. The molecular weight excluding hydrogens is 241 g/mol. The van der Waals surface area contributed by atoms with Gasteiger partial charge in [-0.15, -0.1) is 36.2 Å². The Bertz CT molecular complexity index is 396. The highest BCUT2D eigenvalue weighted by Gasteiger charge is 2.03. The Hall–Kier alpha value is -0.290. The van der Waals surface area contributed by atoms with Gasteiger partial charge in [-0.25, -0.2) is 4.98 Å². The van der Waals surface area contributed by atoms with Crippen molar-refractivity contribution in [3.05, 3.63) is 23.0 Å². The highest BCUT2D eigenvalue weighted by atomic mass is 35.5. The van der Waals surface area contributed by atoms with Gasteiger partial charge in [-0.3, -0.25) is 4.40 Å². The molecule has 0 bridgehead atoms. The van der Waals surface area contributed by atoms with Crippen molar-refractivity contribution in [2.75, 3.05) is 6.54 Å². The molecule has 0 aliphatic heterocycles. The molecule has 0 unspecified atom stereocenters. The minimum atomic E-state index is 0. The first-order chi connectivity index (χ1) is 5.81. The van der Waals surface area contributed by atoms with Crippen molar-refractivity contribution in [2.24, 2.45) is 5.73 Å². The molecule has 6 heteroatoms. The second kappa shape index (κ2) is 5.56. The fraction of sp³-hybridized carbons (Fsp3) is 0.375. The van der Waals surface area contributed by atoms with Gasteiger partial charge in [-0.05, 0) is 13.5 Å². The van der Waals surface area contributed by atoms with Crippen LogP contribution in [0.3, 0.4) is 0 Å². The van der Waals surface area contributed by atoms with Crippen LogP contribution in [0.1, 0.15) is 11.4 Å². The smallest absolute Gasteiger partial charge is 0.194 e. The molecule has 2 aromatic rings. The van der Waals surface area contributed by atoms with E-state index in [4.69, 9.17) is 5.73 Å². The summed E-state index contributed by atoms with van der Waals surface area (Å²) >= 11 is 1.67. The molecule has 0 fully saturated rings. The van der Waals surface area contributed by atoms with Crippen LogP contribution in [-0.4, -0.2) is 15.9 Å². The van der Waals surface area contributed by atoms with Crippen molar-refractivity contribution < 1.29 is 0 Å². The summed E-state index contributed by atoms with van der Waals surface area (Å²) < 4.78 is 2.11. The van der Waals surface area contributed by atoms with Crippen molar-refractivity contribution in [2.45, 2.75) is 13.3 Å². The SMILES string of the molecule is Cc1csc2nc(CCN)cn12.Cl.Cl. The van der Waals surface area contributed by atoms with Gasteiger partial charge in [0.25, 0.3) is 0 Å². The molecule has 0 aliphatic rings. The molecule has 0 aromatic carbocycles. The maximum absolute atomic E-state index is 5.44. The number of thiazole rings is 1. The number of hydrogen-bond acceptors (Lipinski definition) is 3. The number of aromatic nitrogens is 2. The lowest BCUT2D eigenvalue weighted by atomic mass is 10.3. The Morgan fingerprint density at radius 2 is 2.21 bits per heavy atom. The third-order valence-corrected chi connectivity index (χ3v) is 2.80. The summed E-state index contributed by atoms with van der Waals surface area (Å²) in [4.78, 5) is 5.49. The molecule has 3 nitrogen and oxygen atoms in total. The van der Waals surface area contributed by atoms with Crippen LogP contribution in [0, 0.1) is 6.92 Å². The van der Waals surface area contributed by atoms with E-state index in [1.54, 1.807) is 11.3 Å². The first kappa shape index (κ1) is 13.7. The molecule has 2 heterocycles. The Morgan fingerprint density at radius 3 is 2.79 bits per heavy atom. The van der Waals surface area contributed by atoms with E-state index >= 15 is 0 Å². The first-order valence-electron chi connectivity index (χ1n) is 3.93. The van der Waals surface area contributed by atoms with Crippen LogP contribution < -0.4 is 5.73 Å². The van der Waals surface area contributed by atoms with Crippen LogP contribution in [0.4, 0.5) is 0 Å². The highest BCUT2D eigenvalue weighted by Crippen LogP contribution is 2.15. The molecule has 2 rings (SSSR count). The Labute approximate surface area is 99.2 Å². The summed E-state index contributed by atoms with van der Waals surface area (Å²) in [5.74, 6) is 0. The van der Waals surface area contributed by atoms with Gasteiger partial charge in [0, 0.05) is 23.7 Å². The molecule has 0 spiro atoms. The van der Waals surface area contributed by atoms with Crippen molar-refractivity contribution >= 4 is 41.1 Å². The number of hydrogen-bond donors (Lipinski definition) is 1. The number of fused-ring (bicyclic) bond motifs is 1. The average molecular weight is 254 g/mol. The largest absolute Gasteiger partial charge is 0.330 e. The molecule has 0 aliphatic carbocycles. The van der Waals surface area contributed by atoms with Crippen LogP contribution >= 0.6 is 36.2 Å². The summed E-state index contributed by atoms with van der Waals surface area (Å²) in [7, 11) is 0. The molecule has 80 valence electrons. The number of halogens is 2. The summed E-state index contributed by atoms with van der Waals surface area (Å²) in [6.45, 7) is 2.75. The van der Waals surface area contributed by atoms with Gasteiger partial charge in [0.1, 0.15) is 0 Å². The molecule has 0 atom stereocenters. The van der Waals surface area contributed by atoms with E-state index in [-0.39, 0.29) is 24.8 Å². The predicted octanol–water partition coefficient (Wildman–Crippen LogP) is 2.05. The topological polar surface area (TPSA) is 43.3 Å². The van der Waals surface area contributed by atoms with Crippen molar-refractivity contribution in [3.8, 4) is 0 Å². The van der Waals surface area contributed by atoms with E-state index < -0.39 is 0 Å². The van der Waals surface area contributed by atoms with Gasteiger partial charge < -0.3 is 5.73 Å². The van der Waals surface area contributed by atoms with E-state index in [9.17, 15) is 0 Å². The lowest BCUT2D eigenvalue weighted by Crippen LogP contribution is -2.02. The molecule has 0 amide bonds. The van der Waals surface area contributed by atoms with Crippen LogP contribution in [0.15, 0.2) is 11.6 Å². The van der Waals surface area contributed by atoms with Crippen LogP contribution in [-0.2, 0) is 6.42 Å². The van der Waals surface area contributed by atoms with Gasteiger partial charge in [0.05, 0.1) is 5.69 Å². The zero-order chi connectivity index (χ0) is 8.55. The zero-order valence-corrected chi connectivity index (χ0v) is 10.2. The lowest BCUT2D eigenvalue weighted by Gasteiger charge is -1.87. The van der Waals surface area contributed by atoms with E-state index in [1.165, 1.54) is 5.69 Å². The molecule has 0 saturated heterocycles. The number of imidazole rings is 1. The molecular formula is C8H13Cl2N3S. The number of aryl methyl sites for hydroxylation is 1. The van der Waals surface area contributed by atoms with Crippen molar-refractivity contribution in [1.82, 2.24) is 9.38 Å². The number of nitrogens with zero attached hydrogens (tertiary/aromatic N) is 2. The van der Waals surface area contributed by atoms with Crippen LogP contribution in [0.5, 0.6) is 0 Å². The van der Waals surface area contributed by atoms with Crippen LogP contribution in [0.25, 0.3) is 4.96 Å². The van der Waals surface area contributed by atoms with Crippen molar-refractivity contribution in [1.29, 1.82) is 0 Å².